The molecule has 0 aliphatic heterocycles. The van der Waals surface area contributed by atoms with Crippen LogP contribution in [-0.4, -0.2) is 23.2 Å². The Morgan fingerprint density at radius 1 is 1.08 bits per heavy atom. The molecule has 0 unspecified atom stereocenters. The highest BCUT2D eigenvalue weighted by Gasteiger charge is 2.28. The molecule has 2 heterocycles. The molecule has 0 spiro atoms. The predicted molar refractivity (Wildman–Crippen MR) is 102 cm³/mol. The van der Waals surface area contributed by atoms with Gasteiger partial charge < -0.3 is 0 Å². The SMILES string of the molecule is CC(C)n1ncc(Cc2ccncc2)c1S(=O)(=O)c1cc(Cl)cc(Cl)c1. The Bertz CT molecular complexity index is 1010. The molecule has 0 amide bonds. The molecular weight excluding hydrogens is 393 g/mol. The average molecular weight is 410 g/mol. The van der Waals surface area contributed by atoms with Gasteiger partial charge in [0.05, 0.1) is 11.1 Å². The molecule has 136 valence electrons. The molecule has 0 bridgehead atoms. The van der Waals surface area contributed by atoms with Crippen molar-refractivity contribution in [1.29, 1.82) is 0 Å². The molecule has 0 fully saturated rings. The fourth-order valence-corrected chi connectivity index (χ4v) is 5.10. The highest BCUT2D eigenvalue weighted by Crippen LogP contribution is 2.31. The first-order chi connectivity index (χ1) is 12.3. The Balaban J connectivity index is 2.17. The third kappa shape index (κ3) is 3.77. The van der Waals surface area contributed by atoms with E-state index in [1.54, 1.807) is 18.6 Å². The molecule has 0 aliphatic rings. The average Bonchev–Trinajstić information content (AvgIpc) is 2.99. The zero-order chi connectivity index (χ0) is 18.9. The number of halogens is 2. The zero-order valence-corrected chi connectivity index (χ0v) is 16.6. The van der Waals surface area contributed by atoms with E-state index in [1.807, 2.05) is 26.0 Å². The molecule has 26 heavy (non-hydrogen) atoms. The van der Waals surface area contributed by atoms with Gasteiger partial charge in [-0.25, -0.2) is 8.42 Å². The van der Waals surface area contributed by atoms with Crippen LogP contribution in [0.2, 0.25) is 10.0 Å². The molecule has 8 heteroatoms. The summed E-state index contributed by atoms with van der Waals surface area (Å²) in [6.45, 7) is 3.76. The summed E-state index contributed by atoms with van der Waals surface area (Å²) in [6, 6.07) is 7.87. The first kappa shape index (κ1) is 18.9. The molecule has 0 N–H and O–H groups in total. The summed E-state index contributed by atoms with van der Waals surface area (Å²) < 4.78 is 28.2. The van der Waals surface area contributed by atoms with Crippen LogP contribution in [-0.2, 0) is 16.3 Å². The normalized spacial score (nSPS) is 11.9. The van der Waals surface area contributed by atoms with Crippen molar-refractivity contribution >= 4 is 33.0 Å². The molecule has 0 atom stereocenters. The Hall–Kier alpha value is -1.89. The highest BCUT2D eigenvalue weighted by molar-refractivity contribution is 7.91. The Kier molecular flexibility index (Phi) is 5.37. The first-order valence-electron chi connectivity index (χ1n) is 7.95. The standard InChI is InChI=1S/C18H17Cl2N3O2S/c1-12(2)23-18(14(11-22-23)7-13-3-5-21-6-4-13)26(24,25)17-9-15(19)8-16(20)10-17/h3-6,8-12H,7H2,1-2H3. The molecule has 0 saturated heterocycles. The van der Waals surface area contributed by atoms with E-state index in [-0.39, 0.29) is 26.0 Å². The van der Waals surface area contributed by atoms with E-state index in [1.165, 1.54) is 22.9 Å². The van der Waals surface area contributed by atoms with Crippen LogP contribution in [0.5, 0.6) is 0 Å². The van der Waals surface area contributed by atoms with Crippen molar-refractivity contribution < 1.29 is 8.42 Å². The van der Waals surface area contributed by atoms with Crippen molar-refractivity contribution in [3.05, 3.63) is 70.1 Å². The molecule has 5 nitrogen and oxygen atoms in total. The molecule has 0 aliphatic carbocycles. The van der Waals surface area contributed by atoms with Crippen molar-refractivity contribution in [2.24, 2.45) is 0 Å². The minimum Gasteiger partial charge on any atom is -0.265 e. The first-order valence-corrected chi connectivity index (χ1v) is 10.2. The number of aromatic nitrogens is 3. The summed E-state index contributed by atoms with van der Waals surface area (Å²) in [5, 5.41) is 4.99. The maximum atomic E-state index is 13.3. The van der Waals surface area contributed by atoms with Crippen LogP contribution in [0.25, 0.3) is 0 Å². The van der Waals surface area contributed by atoms with Crippen molar-refractivity contribution in [3.8, 4) is 0 Å². The predicted octanol–water partition coefficient (Wildman–Crippen LogP) is 4.59. The number of sulfone groups is 1. The molecule has 3 aromatic rings. The summed E-state index contributed by atoms with van der Waals surface area (Å²) in [5.74, 6) is 0. The van der Waals surface area contributed by atoms with E-state index in [0.29, 0.717) is 12.0 Å². The van der Waals surface area contributed by atoms with Crippen LogP contribution in [0, 0.1) is 0 Å². The van der Waals surface area contributed by atoms with Gasteiger partial charge in [-0.1, -0.05) is 23.2 Å². The summed E-state index contributed by atoms with van der Waals surface area (Å²) in [4.78, 5) is 4.04. The minimum absolute atomic E-state index is 0.0494. The van der Waals surface area contributed by atoms with Crippen molar-refractivity contribution in [2.75, 3.05) is 0 Å². The smallest absolute Gasteiger partial charge is 0.223 e. The van der Waals surface area contributed by atoms with Crippen LogP contribution in [0.4, 0.5) is 0 Å². The van der Waals surface area contributed by atoms with Gasteiger partial charge >= 0.3 is 0 Å². The van der Waals surface area contributed by atoms with Crippen LogP contribution < -0.4 is 0 Å². The summed E-state index contributed by atoms with van der Waals surface area (Å²) in [5.41, 5.74) is 1.56. The van der Waals surface area contributed by atoms with Gasteiger partial charge in [-0.05, 0) is 49.7 Å². The second-order valence-corrected chi connectivity index (χ2v) is 8.89. The quantitative estimate of drug-likeness (QED) is 0.617. The largest absolute Gasteiger partial charge is 0.265 e. The number of hydrogen-bond acceptors (Lipinski definition) is 4. The second-order valence-electron chi connectivity index (χ2n) is 6.15. The zero-order valence-electron chi connectivity index (χ0n) is 14.2. The van der Waals surface area contributed by atoms with Crippen LogP contribution in [0.15, 0.2) is 58.8 Å². The number of rotatable bonds is 5. The topological polar surface area (TPSA) is 64.8 Å². The number of nitrogens with zero attached hydrogens (tertiary/aromatic N) is 3. The lowest BCUT2D eigenvalue weighted by atomic mass is 10.1. The summed E-state index contributed by atoms with van der Waals surface area (Å²) >= 11 is 12.0. The molecule has 0 radical (unpaired) electrons. The van der Waals surface area contributed by atoms with E-state index < -0.39 is 9.84 Å². The third-order valence-corrected chi connectivity index (χ3v) is 6.11. The fourth-order valence-electron chi connectivity index (χ4n) is 2.69. The Morgan fingerprint density at radius 3 is 2.27 bits per heavy atom. The summed E-state index contributed by atoms with van der Waals surface area (Å²) in [6.07, 6.45) is 5.37. The van der Waals surface area contributed by atoms with Gasteiger partial charge in [0.25, 0.3) is 0 Å². The van der Waals surface area contributed by atoms with E-state index in [2.05, 4.69) is 10.1 Å². The van der Waals surface area contributed by atoms with Gasteiger partial charge in [-0.3, -0.25) is 9.67 Å². The molecule has 0 saturated carbocycles. The monoisotopic (exact) mass is 409 g/mol. The lowest BCUT2D eigenvalue weighted by Crippen LogP contribution is -2.15. The lowest BCUT2D eigenvalue weighted by molar-refractivity contribution is 0.476. The molecular formula is C18H17Cl2N3O2S. The maximum absolute atomic E-state index is 13.3. The fraction of sp³-hybridized carbons (Fsp3) is 0.222. The highest BCUT2D eigenvalue weighted by atomic mass is 35.5. The maximum Gasteiger partial charge on any atom is 0.223 e. The number of hydrogen-bond donors (Lipinski definition) is 0. The van der Waals surface area contributed by atoms with Gasteiger partial charge in [0, 0.05) is 40.5 Å². The Morgan fingerprint density at radius 2 is 1.69 bits per heavy atom. The van der Waals surface area contributed by atoms with Crippen LogP contribution in [0.3, 0.4) is 0 Å². The van der Waals surface area contributed by atoms with Crippen LogP contribution in [0.1, 0.15) is 31.0 Å². The van der Waals surface area contributed by atoms with E-state index in [9.17, 15) is 8.42 Å². The van der Waals surface area contributed by atoms with Gasteiger partial charge in [0.15, 0.2) is 5.03 Å². The van der Waals surface area contributed by atoms with Gasteiger partial charge in [0.2, 0.25) is 9.84 Å². The third-order valence-electron chi connectivity index (χ3n) is 3.85. The number of benzene rings is 1. The molecule has 1 aromatic carbocycles. The van der Waals surface area contributed by atoms with Crippen molar-refractivity contribution in [2.45, 2.75) is 36.2 Å². The van der Waals surface area contributed by atoms with Gasteiger partial charge in [-0.2, -0.15) is 5.10 Å². The van der Waals surface area contributed by atoms with Gasteiger partial charge in [0.1, 0.15) is 0 Å². The van der Waals surface area contributed by atoms with Gasteiger partial charge in [-0.15, -0.1) is 0 Å². The molecule has 3 rings (SSSR count). The minimum atomic E-state index is -3.85. The van der Waals surface area contributed by atoms with Crippen molar-refractivity contribution in [1.82, 2.24) is 14.8 Å². The lowest BCUT2D eigenvalue weighted by Gasteiger charge is -2.14. The van der Waals surface area contributed by atoms with E-state index >= 15 is 0 Å². The van der Waals surface area contributed by atoms with Crippen LogP contribution >= 0.6 is 23.2 Å². The number of pyridine rings is 1. The van der Waals surface area contributed by atoms with E-state index in [4.69, 9.17) is 23.2 Å². The Labute approximate surface area is 162 Å². The molecule has 2 aromatic heterocycles. The second kappa shape index (κ2) is 7.39. The summed E-state index contributed by atoms with van der Waals surface area (Å²) in [7, 11) is -3.85. The van der Waals surface area contributed by atoms with Crippen molar-refractivity contribution in [3.63, 3.8) is 0 Å². The van der Waals surface area contributed by atoms with E-state index in [0.717, 1.165) is 5.56 Å².